The number of ether oxygens (including phenoxy) is 1. The van der Waals surface area contributed by atoms with Crippen molar-refractivity contribution in [2.75, 3.05) is 18.0 Å². The molecule has 0 aliphatic carbocycles. The van der Waals surface area contributed by atoms with E-state index in [0.29, 0.717) is 0 Å². The Morgan fingerprint density at radius 3 is 2.70 bits per heavy atom. The number of morpholine rings is 1. The van der Waals surface area contributed by atoms with Gasteiger partial charge in [-0.2, -0.15) is 0 Å². The third-order valence-electron chi connectivity index (χ3n) is 4.06. The Morgan fingerprint density at radius 1 is 1.13 bits per heavy atom. The molecule has 1 aromatic heterocycles. The van der Waals surface area contributed by atoms with Crippen molar-refractivity contribution in [1.29, 1.82) is 0 Å². The third-order valence-corrected chi connectivity index (χ3v) is 5.15. The SMILES string of the molecule is CC1CN(c2nc3ccccc3s2)CC(c2ccc(F)cc2)O1. The van der Waals surface area contributed by atoms with Crippen molar-refractivity contribution in [2.24, 2.45) is 0 Å². The van der Waals surface area contributed by atoms with Crippen LogP contribution in [-0.4, -0.2) is 24.2 Å². The minimum absolute atomic E-state index is 0.0636. The van der Waals surface area contributed by atoms with E-state index in [4.69, 9.17) is 9.72 Å². The molecule has 5 heteroatoms. The fraction of sp³-hybridized carbons (Fsp3) is 0.278. The van der Waals surface area contributed by atoms with Gasteiger partial charge in [-0.1, -0.05) is 35.6 Å². The molecule has 2 unspecified atom stereocenters. The van der Waals surface area contributed by atoms with E-state index in [9.17, 15) is 4.39 Å². The van der Waals surface area contributed by atoms with Crippen LogP contribution in [0.3, 0.4) is 0 Å². The fourth-order valence-electron chi connectivity index (χ4n) is 2.96. The van der Waals surface area contributed by atoms with Gasteiger partial charge in [0, 0.05) is 6.54 Å². The van der Waals surface area contributed by atoms with Crippen molar-refractivity contribution < 1.29 is 9.13 Å². The zero-order chi connectivity index (χ0) is 15.8. The van der Waals surface area contributed by atoms with Crippen LogP contribution in [0.4, 0.5) is 9.52 Å². The van der Waals surface area contributed by atoms with E-state index in [2.05, 4.69) is 17.9 Å². The molecule has 0 saturated carbocycles. The van der Waals surface area contributed by atoms with Crippen LogP contribution in [0, 0.1) is 5.82 Å². The van der Waals surface area contributed by atoms with Crippen molar-refractivity contribution in [3.05, 3.63) is 59.9 Å². The molecule has 0 N–H and O–H groups in total. The monoisotopic (exact) mass is 328 g/mol. The normalized spacial score (nSPS) is 21.7. The van der Waals surface area contributed by atoms with Gasteiger partial charge in [0.05, 0.1) is 22.9 Å². The Balaban J connectivity index is 1.62. The smallest absolute Gasteiger partial charge is 0.186 e. The van der Waals surface area contributed by atoms with Crippen LogP contribution in [0.25, 0.3) is 10.2 Å². The zero-order valence-electron chi connectivity index (χ0n) is 12.8. The molecule has 3 nitrogen and oxygen atoms in total. The van der Waals surface area contributed by atoms with Gasteiger partial charge in [0.2, 0.25) is 0 Å². The number of fused-ring (bicyclic) bond motifs is 1. The first kappa shape index (κ1) is 14.6. The molecule has 118 valence electrons. The molecule has 2 atom stereocenters. The van der Waals surface area contributed by atoms with Crippen molar-refractivity contribution in [3.63, 3.8) is 0 Å². The molecular weight excluding hydrogens is 311 g/mol. The van der Waals surface area contributed by atoms with Crippen LogP contribution in [0.5, 0.6) is 0 Å². The number of rotatable bonds is 2. The first-order valence-electron chi connectivity index (χ1n) is 7.70. The van der Waals surface area contributed by atoms with E-state index >= 15 is 0 Å². The summed E-state index contributed by atoms with van der Waals surface area (Å²) in [6.07, 6.45) is 0.0391. The average Bonchev–Trinajstić information content (AvgIpc) is 2.99. The lowest BCUT2D eigenvalue weighted by molar-refractivity contribution is -0.0174. The maximum Gasteiger partial charge on any atom is 0.186 e. The summed E-state index contributed by atoms with van der Waals surface area (Å²) in [4.78, 5) is 7.01. The number of anilines is 1. The number of aromatic nitrogens is 1. The lowest BCUT2D eigenvalue weighted by Gasteiger charge is -2.36. The number of hydrogen-bond acceptors (Lipinski definition) is 4. The Bertz CT molecular complexity index is 784. The van der Waals surface area contributed by atoms with Crippen molar-refractivity contribution in [2.45, 2.75) is 19.1 Å². The van der Waals surface area contributed by atoms with Crippen LogP contribution < -0.4 is 4.90 Å². The Hall–Kier alpha value is -1.98. The second kappa shape index (κ2) is 5.91. The van der Waals surface area contributed by atoms with Gasteiger partial charge in [-0.3, -0.25) is 0 Å². The first-order valence-corrected chi connectivity index (χ1v) is 8.52. The van der Waals surface area contributed by atoms with Gasteiger partial charge in [0.1, 0.15) is 11.9 Å². The van der Waals surface area contributed by atoms with Crippen LogP contribution in [-0.2, 0) is 4.74 Å². The van der Waals surface area contributed by atoms with Gasteiger partial charge < -0.3 is 9.64 Å². The summed E-state index contributed by atoms with van der Waals surface area (Å²) in [5.41, 5.74) is 2.04. The molecule has 1 aliphatic rings. The first-order chi connectivity index (χ1) is 11.2. The summed E-state index contributed by atoms with van der Waals surface area (Å²) >= 11 is 1.70. The highest BCUT2D eigenvalue weighted by Crippen LogP contribution is 2.33. The number of benzene rings is 2. The molecular formula is C18H17FN2OS. The van der Waals surface area contributed by atoms with Crippen LogP contribution in [0.1, 0.15) is 18.6 Å². The predicted octanol–water partition coefficient (Wildman–Crippen LogP) is 4.40. The van der Waals surface area contributed by atoms with Gasteiger partial charge in [0.25, 0.3) is 0 Å². The Kier molecular flexibility index (Phi) is 3.75. The van der Waals surface area contributed by atoms with E-state index in [0.717, 1.165) is 29.3 Å². The number of para-hydroxylation sites is 1. The summed E-state index contributed by atoms with van der Waals surface area (Å²) in [6.45, 7) is 3.61. The van der Waals surface area contributed by atoms with Crippen LogP contribution in [0.15, 0.2) is 48.5 Å². The molecule has 0 spiro atoms. The molecule has 2 heterocycles. The lowest BCUT2D eigenvalue weighted by Crippen LogP contribution is -2.42. The van der Waals surface area contributed by atoms with Gasteiger partial charge >= 0.3 is 0 Å². The molecule has 23 heavy (non-hydrogen) atoms. The highest BCUT2D eigenvalue weighted by atomic mass is 32.1. The molecule has 1 saturated heterocycles. The Morgan fingerprint density at radius 2 is 1.91 bits per heavy atom. The van der Waals surface area contributed by atoms with E-state index < -0.39 is 0 Å². The van der Waals surface area contributed by atoms with Gasteiger partial charge in [0.15, 0.2) is 5.13 Å². The summed E-state index contributed by atoms with van der Waals surface area (Å²) in [6, 6.07) is 14.8. The van der Waals surface area contributed by atoms with Crippen LogP contribution >= 0.6 is 11.3 Å². The number of halogens is 1. The quantitative estimate of drug-likeness (QED) is 0.697. The molecule has 2 aromatic carbocycles. The largest absolute Gasteiger partial charge is 0.367 e. The van der Waals surface area contributed by atoms with Crippen molar-refractivity contribution >= 4 is 26.7 Å². The van der Waals surface area contributed by atoms with E-state index in [1.165, 1.54) is 16.8 Å². The predicted molar refractivity (Wildman–Crippen MR) is 91.5 cm³/mol. The molecule has 0 radical (unpaired) electrons. The van der Waals surface area contributed by atoms with Crippen molar-refractivity contribution in [1.82, 2.24) is 4.98 Å². The average molecular weight is 328 g/mol. The Labute approximate surface area is 138 Å². The molecule has 0 amide bonds. The van der Waals surface area contributed by atoms with Gasteiger partial charge in [-0.15, -0.1) is 0 Å². The summed E-state index contributed by atoms with van der Waals surface area (Å²) in [7, 11) is 0. The maximum absolute atomic E-state index is 13.1. The number of nitrogens with zero attached hydrogens (tertiary/aromatic N) is 2. The van der Waals surface area contributed by atoms with Gasteiger partial charge in [-0.05, 0) is 36.8 Å². The fourth-order valence-corrected chi connectivity index (χ4v) is 3.95. The summed E-state index contributed by atoms with van der Waals surface area (Å²) in [5.74, 6) is -0.222. The maximum atomic E-state index is 13.1. The second-order valence-corrected chi connectivity index (χ2v) is 6.87. The van der Waals surface area contributed by atoms with E-state index in [1.54, 1.807) is 23.5 Å². The number of thiazole rings is 1. The lowest BCUT2D eigenvalue weighted by atomic mass is 10.1. The standard InChI is InChI=1S/C18H17FN2OS/c1-12-10-21(18-20-15-4-2-3-5-17(15)23-18)11-16(22-12)13-6-8-14(19)9-7-13/h2-9,12,16H,10-11H2,1H3. The summed E-state index contributed by atoms with van der Waals surface area (Å²) in [5, 5.41) is 1.02. The molecule has 1 fully saturated rings. The topological polar surface area (TPSA) is 25.4 Å². The third kappa shape index (κ3) is 2.94. The summed E-state index contributed by atoms with van der Waals surface area (Å²) < 4.78 is 20.4. The second-order valence-electron chi connectivity index (χ2n) is 5.86. The zero-order valence-corrected chi connectivity index (χ0v) is 13.6. The molecule has 1 aliphatic heterocycles. The van der Waals surface area contributed by atoms with Crippen LogP contribution in [0.2, 0.25) is 0 Å². The molecule has 4 rings (SSSR count). The van der Waals surface area contributed by atoms with Crippen molar-refractivity contribution in [3.8, 4) is 0 Å². The minimum Gasteiger partial charge on any atom is -0.367 e. The highest BCUT2D eigenvalue weighted by molar-refractivity contribution is 7.22. The van der Waals surface area contributed by atoms with E-state index in [-0.39, 0.29) is 18.0 Å². The van der Waals surface area contributed by atoms with E-state index in [1.807, 2.05) is 18.2 Å². The molecule has 0 bridgehead atoms. The van der Waals surface area contributed by atoms with Gasteiger partial charge in [-0.25, -0.2) is 9.37 Å². The molecule has 3 aromatic rings. The minimum atomic E-state index is -0.222. The highest BCUT2D eigenvalue weighted by Gasteiger charge is 2.28. The number of hydrogen-bond donors (Lipinski definition) is 0.